The van der Waals surface area contributed by atoms with Crippen molar-refractivity contribution in [3.05, 3.63) is 59.7 Å². The van der Waals surface area contributed by atoms with Crippen molar-refractivity contribution >= 4 is 5.97 Å². The summed E-state index contributed by atoms with van der Waals surface area (Å²) in [6, 6.07) is 18.1. The van der Waals surface area contributed by atoms with Gasteiger partial charge in [-0.05, 0) is 66.8 Å². The lowest BCUT2D eigenvalue weighted by Crippen LogP contribution is -2.24. The number of nitrogens with zero attached hydrogens (tertiary/aromatic N) is 1. The molecule has 1 fully saturated rings. The lowest BCUT2D eigenvalue weighted by Gasteiger charge is -2.34. The van der Waals surface area contributed by atoms with Gasteiger partial charge >= 0.3 is 5.97 Å². The molecule has 0 saturated heterocycles. The third kappa shape index (κ3) is 3.58. The minimum atomic E-state index is -0.903. The molecule has 3 rings (SSSR count). The van der Waals surface area contributed by atoms with Crippen LogP contribution in [0, 0.1) is 16.7 Å². The molecule has 128 valence electrons. The number of carboxylic acid groups (broad SMARTS) is 1. The van der Waals surface area contributed by atoms with E-state index in [4.69, 9.17) is 5.11 Å². The fourth-order valence-corrected chi connectivity index (χ4v) is 3.80. The van der Waals surface area contributed by atoms with Gasteiger partial charge in [0.1, 0.15) is 0 Å². The van der Waals surface area contributed by atoms with Crippen molar-refractivity contribution in [3.8, 4) is 17.2 Å². The van der Waals surface area contributed by atoms with E-state index < -0.39 is 5.97 Å². The average Bonchev–Trinajstić information content (AvgIpc) is 2.68. The van der Waals surface area contributed by atoms with Gasteiger partial charge in [-0.1, -0.05) is 43.3 Å². The summed E-state index contributed by atoms with van der Waals surface area (Å²) in [7, 11) is 0. The monoisotopic (exact) mass is 333 g/mol. The second-order valence-corrected chi connectivity index (χ2v) is 7.02. The molecule has 0 aromatic heterocycles. The number of hydrogen-bond acceptors (Lipinski definition) is 2. The van der Waals surface area contributed by atoms with E-state index in [2.05, 4.69) is 37.3 Å². The highest BCUT2D eigenvalue weighted by atomic mass is 16.4. The molecule has 25 heavy (non-hydrogen) atoms. The summed E-state index contributed by atoms with van der Waals surface area (Å²) in [4.78, 5) is 10.9. The number of rotatable bonds is 4. The van der Waals surface area contributed by atoms with Crippen LogP contribution in [0.4, 0.5) is 0 Å². The molecule has 2 aromatic carbocycles. The van der Waals surface area contributed by atoms with Gasteiger partial charge in [0.2, 0.25) is 0 Å². The van der Waals surface area contributed by atoms with Gasteiger partial charge in [-0.25, -0.2) is 4.79 Å². The number of nitriles is 1. The summed E-state index contributed by atoms with van der Waals surface area (Å²) in [6.45, 7) is 2.12. The van der Waals surface area contributed by atoms with Crippen LogP contribution in [0.25, 0.3) is 11.1 Å². The Morgan fingerprint density at radius 1 is 1.08 bits per heavy atom. The van der Waals surface area contributed by atoms with Crippen molar-refractivity contribution in [1.29, 1.82) is 5.26 Å². The molecule has 1 N–H and O–H groups in total. The van der Waals surface area contributed by atoms with Crippen LogP contribution in [0.3, 0.4) is 0 Å². The van der Waals surface area contributed by atoms with Gasteiger partial charge in [-0.2, -0.15) is 5.26 Å². The first-order valence-corrected chi connectivity index (χ1v) is 8.92. The molecule has 0 unspecified atom stereocenters. The topological polar surface area (TPSA) is 61.1 Å². The van der Waals surface area contributed by atoms with Gasteiger partial charge in [-0.15, -0.1) is 0 Å². The predicted octanol–water partition coefficient (Wildman–Crippen LogP) is 5.63. The molecule has 1 aliphatic rings. The maximum absolute atomic E-state index is 10.9. The van der Waals surface area contributed by atoms with Crippen molar-refractivity contribution in [2.45, 2.75) is 44.9 Å². The first-order chi connectivity index (χ1) is 12.1. The van der Waals surface area contributed by atoms with Crippen molar-refractivity contribution in [1.82, 2.24) is 0 Å². The molecule has 3 heteroatoms. The van der Waals surface area contributed by atoms with Crippen LogP contribution in [0.1, 0.15) is 60.9 Å². The molecule has 2 aromatic rings. The zero-order valence-corrected chi connectivity index (χ0v) is 14.5. The van der Waals surface area contributed by atoms with Gasteiger partial charge in [0.15, 0.2) is 0 Å². The molecular weight excluding hydrogens is 310 g/mol. The first kappa shape index (κ1) is 17.2. The second-order valence-electron chi connectivity index (χ2n) is 7.02. The molecule has 0 aliphatic heterocycles. The molecule has 0 bridgehead atoms. The first-order valence-electron chi connectivity index (χ1n) is 8.92. The van der Waals surface area contributed by atoms with Crippen LogP contribution < -0.4 is 0 Å². The Labute approximate surface area is 148 Å². The molecular formula is C22H23NO2. The number of benzene rings is 2. The van der Waals surface area contributed by atoms with E-state index in [1.807, 2.05) is 12.1 Å². The molecule has 1 aliphatic carbocycles. The predicted molar refractivity (Wildman–Crippen MR) is 98.4 cm³/mol. The van der Waals surface area contributed by atoms with E-state index >= 15 is 0 Å². The molecule has 0 amide bonds. The second kappa shape index (κ2) is 7.11. The minimum Gasteiger partial charge on any atom is -0.478 e. The molecule has 1 saturated carbocycles. The third-order valence-electron chi connectivity index (χ3n) is 5.70. The Kier molecular flexibility index (Phi) is 4.90. The third-order valence-corrected chi connectivity index (χ3v) is 5.70. The fourth-order valence-electron chi connectivity index (χ4n) is 3.80. The normalized spacial score (nSPS) is 23.0. The largest absolute Gasteiger partial charge is 0.478 e. The SMILES string of the molecule is CCC1(C#N)CCC(c2ccc(-c3ccc(C(=O)O)cc3)cc2)CC1. The summed E-state index contributed by atoms with van der Waals surface area (Å²) < 4.78 is 0. The van der Waals surface area contributed by atoms with Gasteiger partial charge in [-0.3, -0.25) is 0 Å². The quantitative estimate of drug-likeness (QED) is 0.788. The van der Waals surface area contributed by atoms with E-state index in [1.165, 1.54) is 5.56 Å². The number of carbonyl (C=O) groups is 1. The maximum Gasteiger partial charge on any atom is 0.335 e. The summed E-state index contributed by atoms with van der Waals surface area (Å²) in [6.07, 6.45) is 5.08. The molecule has 0 radical (unpaired) electrons. The van der Waals surface area contributed by atoms with Gasteiger partial charge in [0, 0.05) is 0 Å². The van der Waals surface area contributed by atoms with Crippen molar-refractivity contribution in [2.75, 3.05) is 0 Å². The summed E-state index contributed by atoms with van der Waals surface area (Å²) in [5.74, 6) is -0.365. The summed E-state index contributed by atoms with van der Waals surface area (Å²) in [5.41, 5.74) is 3.65. The van der Waals surface area contributed by atoms with Crippen LogP contribution >= 0.6 is 0 Å². The smallest absolute Gasteiger partial charge is 0.335 e. The molecule has 0 heterocycles. The summed E-state index contributed by atoms with van der Waals surface area (Å²) >= 11 is 0. The van der Waals surface area contributed by atoms with Gasteiger partial charge in [0.25, 0.3) is 0 Å². The summed E-state index contributed by atoms with van der Waals surface area (Å²) in [5, 5.41) is 18.4. The van der Waals surface area contributed by atoms with Crippen molar-refractivity contribution in [2.24, 2.45) is 5.41 Å². The van der Waals surface area contributed by atoms with Crippen LogP contribution in [0.15, 0.2) is 48.5 Å². The Hall–Kier alpha value is -2.60. The van der Waals surface area contributed by atoms with Crippen molar-refractivity contribution < 1.29 is 9.90 Å². The Bertz CT molecular complexity index is 776. The van der Waals surface area contributed by atoms with Crippen LogP contribution in [-0.2, 0) is 0 Å². The van der Waals surface area contributed by atoms with Gasteiger partial charge < -0.3 is 5.11 Å². The highest BCUT2D eigenvalue weighted by Crippen LogP contribution is 2.44. The standard InChI is InChI=1S/C22H23NO2/c1-2-22(15-23)13-11-19(12-14-22)18-5-3-16(4-6-18)17-7-9-20(10-8-17)21(24)25/h3-10,19H,2,11-14H2,1H3,(H,24,25). The Morgan fingerprint density at radius 2 is 1.60 bits per heavy atom. The van der Waals surface area contributed by atoms with Gasteiger partial charge in [0.05, 0.1) is 17.0 Å². The van der Waals surface area contributed by atoms with Crippen LogP contribution in [-0.4, -0.2) is 11.1 Å². The van der Waals surface area contributed by atoms with E-state index in [9.17, 15) is 10.1 Å². The van der Waals surface area contributed by atoms with E-state index in [-0.39, 0.29) is 5.41 Å². The highest BCUT2D eigenvalue weighted by molar-refractivity contribution is 5.88. The number of carboxylic acids is 1. The Morgan fingerprint density at radius 3 is 2.04 bits per heavy atom. The molecule has 0 atom stereocenters. The van der Waals surface area contributed by atoms with E-state index in [0.29, 0.717) is 11.5 Å². The van der Waals surface area contributed by atoms with E-state index in [0.717, 1.165) is 43.2 Å². The number of aromatic carboxylic acids is 1. The molecule has 0 spiro atoms. The average molecular weight is 333 g/mol. The zero-order chi connectivity index (χ0) is 17.9. The zero-order valence-electron chi connectivity index (χ0n) is 14.5. The number of hydrogen-bond donors (Lipinski definition) is 1. The highest BCUT2D eigenvalue weighted by Gasteiger charge is 2.34. The fraction of sp³-hybridized carbons (Fsp3) is 0.364. The van der Waals surface area contributed by atoms with Crippen LogP contribution in [0.5, 0.6) is 0 Å². The van der Waals surface area contributed by atoms with Crippen LogP contribution in [0.2, 0.25) is 0 Å². The lowest BCUT2D eigenvalue weighted by molar-refractivity contribution is 0.0697. The maximum atomic E-state index is 10.9. The minimum absolute atomic E-state index is 0.109. The van der Waals surface area contributed by atoms with E-state index in [1.54, 1.807) is 12.1 Å². The Balaban J connectivity index is 1.71. The van der Waals surface area contributed by atoms with Crippen molar-refractivity contribution in [3.63, 3.8) is 0 Å². The lowest BCUT2D eigenvalue weighted by atomic mass is 9.68. The molecule has 3 nitrogen and oxygen atoms in total.